The molecule has 4 heteroatoms. The number of hydrogen-bond acceptors (Lipinski definition) is 3. The predicted octanol–water partition coefficient (Wildman–Crippen LogP) is 7.50. The van der Waals surface area contributed by atoms with Gasteiger partial charge < -0.3 is 0 Å². The largest absolute Gasteiger partial charge is 0.208 e. The predicted molar refractivity (Wildman–Crippen MR) is 131 cm³/mol. The molecule has 0 unspecified atom stereocenters. The average Bonchev–Trinajstić information content (AvgIpc) is 2.85. The Hall–Kier alpha value is -3.82. The number of nitrogens with zero attached hydrogens (tertiary/aromatic N) is 3. The van der Waals surface area contributed by atoms with Gasteiger partial charge in [-0.15, -0.1) is 0 Å². The first-order valence-electron chi connectivity index (χ1n) is 10.4. The van der Waals surface area contributed by atoms with E-state index in [4.69, 9.17) is 26.6 Å². The lowest BCUT2D eigenvalue weighted by atomic mass is 9.98. The summed E-state index contributed by atoms with van der Waals surface area (Å²) in [7, 11) is 0. The molecule has 0 spiro atoms. The van der Waals surface area contributed by atoms with Crippen LogP contribution in [-0.4, -0.2) is 15.0 Å². The second-order valence-electron chi connectivity index (χ2n) is 7.58. The van der Waals surface area contributed by atoms with Crippen LogP contribution in [0.4, 0.5) is 0 Å². The van der Waals surface area contributed by atoms with E-state index in [-0.39, 0.29) is 0 Å². The lowest BCUT2D eigenvalue weighted by Crippen LogP contribution is -2.00. The van der Waals surface area contributed by atoms with Crippen molar-refractivity contribution in [2.24, 2.45) is 0 Å². The molecule has 3 nitrogen and oxygen atoms in total. The maximum absolute atomic E-state index is 6.20. The number of aromatic nitrogens is 3. The molecule has 154 valence electrons. The highest BCUT2D eigenvalue weighted by molar-refractivity contribution is 6.30. The topological polar surface area (TPSA) is 38.7 Å². The van der Waals surface area contributed by atoms with E-state index in [1.165, 1.54) is 0 Å². The molecule has 0 atom stereocenters. The van der Waals surface area contributed by atoms with Crippen LogP contribution in [0.2, 0.25) is 5.02 Å². The minimum Gasteiger partial charge on any atom is -0.208 e. The monoisotopic (exact) mass is 433 g/mol. The Morgan fingerprint density at radius 3 is 1.56 bits per heavy atom. The van der Waals surface area contributed by atoms with Crippen molar-refractivity contribution in [3.05, 3.63) is 114 Å². The van der Waals surface area contributed by atoms with Gasteiger partial charge in [-0.2, -0.15) is 0 Å². The van der Waals surface area contributed by atoms with Gasteiger partial charge >= 0.3 is 0 Å². The summed E-state index contributed by atoms with van der Waals surface area (Å²) < 4.78 is 0. The zero-order valence-electron chi connectivity index (χ0n) is 17.5. The molecule has 0 bridgehead atoms. The first-order chi connectivity index (χ1) is 15.7. The van der Waals surface area contributed by atoms with E-state index in [1.54, 1.807) is 0 Å². The van der Waals surface area contributed by atoms with Crippen LogP contribution < -0.4 is 0 Å². The molecule has 0 saturated carbocycles. The summed E-state index contributed by atoms with van der Waals surface area (Å²) >= 11 is 6.20. The highest BCUT2D eigenvalue weighted by Gasteiger charge is 2.13. The molecule has 5 rings (SSSR count). The van der Waals surface area contributed by atoms with E-state index in [2.05, 4.69) is 31.2 Å². The molecule has 0 fully saturated rings. The Morgan fingerprint density at radius 2 is 1.03 bits per heavy atom. The first kappa shape index (κ1) is 20.1. The third-order valence-electron chi connectivity index (χ3n) is 5.32. The van der Waals surface area contributed by atoms with E-state index in [0.29, 0.717) is 17.5 Å². The summed E-state index contributed by atoms with van der Waals surface area (Å²) in [5, 5.41) is 0.725. The molecule has 32 heavy (non-hydrogen) atoms. The lowest BCUT2D eigenvalue weighted by Gasteiger charge is -2.11. The smallest absolute Gasteiger partial charge is 0.164 e. The second kappa shape index (κ2) is 8.74. The van der Waals surface area contributed by atoms with Gasteiger partial charge in [-0.3, -0.25) is 0 Å². The third kappa shape index (κ3) is 4.16. The van der Waals surface area contributed by atoms with Crippen molar-refractivity contribution in [3.63, 3.8) is 0 Å². The normalized spacial score (nSPS) is 10.8. The van der Waals surface area contributed by atoms with Gasteiger partial charge in [0.1, 0.15) is 0 Å². The number of benzene rings is 4. The molecule has 1 heterocycles. The van der Waals surface area contributed by atoms with E-state index in [0.717, 1.165) is 38.4 Å². The van der Waals surface area contributed by atoms with Crippen molar-refractivity contribution in [2.45, 2.75) is 6.92 Å². The fourth-order valence-corrected chi connectivity index (χ4v) is 3.91. The first-order valence-corrected chi connectivity index (χ1v) is 10.8. The average molecular weight is 434 g/mol. The van der Waals surface area contributed by atoms with Crippen molar-refractivity contribution in [1.29, 1.82) is 0 Å². The van der Waals surface area contributed by atoms with Crippen LogP contribution in [0.25, 0.3) is 45.3 Å². The highest BCUT2D eigenvalue weighted by atomic mass is 35.5. The minimum absolute atomic E-state index is 0.651. The molecule has 0 N–H and O–H groups in total. The molecule has 1 aromatic heterocycles. The summed E-state index contributed by atoms with van der Waals surface area (Å²) in [5.74, 6) is 1.97. The van der Waals surface area contributed by atoms with Crippen LogP contribution in [0, 0.1) is 6.92 Å². The summed E-state index contributed by atoms with van der Waals surface area (Å²) in [6.45, 7) is 2.09. The molecule has 0 aliphatic heterocycles. The van der Waals surface area contributed by atoms with Crippen molar-refractivity contribution >= 4 is 11.6 Å². The van der Waals surface area contributed by atoms with E-state index in [9.17, 15) is 0 Å². The Balaban J connectivity index is 1.63. The Labute approximate surface area is 192 Å². The summed E-state index contributed by atoms with van der Waals surface area (Å²) in [5.41, 5.74) is 6.22. The molecule has 0 radical (unpaired) electrons. The minimum atomic E-state index is 0.651. The van der Waals surface area contributed by atoms with Gasteiger partial charge in [0.25, 0.3) is 0 Å². The van der Waals surface area contributed by atoms with Gasteiger partial charge in [-0.1, -0.05) is 96.5 Å². The van der Waals surface area contributed by atoms with Gasteiger partial charge in [-0.25, -0.2) is 15.0 Å². The Kier molecular flexibility index (Phi) is 5.49. The van der Waals surface area contributed by atoms with Crippen LogP contribution in [0.1, 0.15) is 5.56 Å². The van der Waals surface area contributed by atoms with Crippen molar-refractivity contribution in [2.75, 3.05) is 0 Å². The van der Waals surface area contributed by atoms with Gasteiger partial charge in [0.15, 0.2) is 17.5 Å². The zero-order chi connectivity index (χ0) is 21.9. The number of hydrogen-bond donors (Lipinski definition) is 0. The van der Waals surface area contributed by atoms with E-state index < -0.39 is 0 Å². The van der Waals surface area contributed by atoms with Crippen molar-refractivity contribution in [1.82, 2.24) is 15.0 Å². The standard InChI is InChI=1S/C28H20ClN3/c1-19-17-23(15-16-25(19)22-13-8-14-24(29)18-22)28-31-26(20-9-4-2-5-10-20)30-27(32-28)21-11-6-3-7-12-21/h2-18H,1H3. The number of halogens is 1. The van der Waals surface area contributed by atoms with Crippen LogP contribution in [-0.2, 0) is 0 Å². The molecule has 0 aliphatic carbocycles. The summed E-state index contributed by atoms with van der Waals surface area (Å²) in [6.07, 6.45) is 0. The Bertz CT molecular complexity index is 1330. The molecular weight excluding hydrogens is 414 g/mol. The van der Waals surface area contributed by atoms with Crippen LogP contribution >= 0.6 is 11.6 Å². The SMILES string of the molecule is Cc1cc(-c2nc(-c3ccccc3)nc(-c3ccccc3)n2)ccc1-c1cccc(Cl)c1. The maximum Gasteiger partial charge on any atom is 0.164 e. The van der Waals surface area contributed by atoms with Gasteiger partial charge in [-0.05, 0) is 41.8 Å². The van der Waals surface area contributed by atoms with Gasteiger partial charge in [0.2, 0.25) is 0 Å². The summed E-state index contributed by atoms with van der Waals surface area (Å²) in [4.78, 5) is 14.4. The van der Waals surface area contributed by atoms with Crippen LogP contribution in [0.3, 0.4) is 0 Å². The van der Waals surface area contributed by atoms with Gasteiger partial charge in [0.05, 0.1) is 0 Å². The third-order valence-corrected chi connectivity index (χ3v) is 5.55. The van der Waals surface area contributed by atoms with Crippen LogP contribution in [0.15, 0.2) is 103 Å². The fourth-order valence-electron chi connectivity index (χ4n) is 3.72. The lowest BCUT2D eigenvalue weighted by molar-refractivity contribution is 1.07. The van der Waals surface area contributed by atoms with Crippen molar-refractivity contribution in [3.8, 4) is 45.3 Å². The highest BCUT2D eigenvalue weighted by Crippen LogP contribution is 2.30. The zero-order valence-corrected chi connectivity index (χ0v) is 18.3. The van der Waals surface area contributed by atoms with Crippen molar-refractivity contribution < 1.29 is 0 Å². The maximum atomic E-state index is 6.20. The van der Waals surface area contributed by atoms with Crippen LogP contribution in [0.5, 0.6) is 0 Å². The summed E-state index contributed by atoms with van der Waals surface area (Å²) in [6, 6.07) is 34.2. The molecule has 5 aromatic rings. The fraction of sp³-hybridized carbons (Fsp3) is 0.0357. The molecule has 0 amide bonds. The molecular formula is C28H20ClN3. The van der Waals surface area contributed by atoms with Gasteiger partial charge in [0, 0.05) is 21.7 Å². The second-order valence-corrected chi connectivity index (χ2v) is 8.01. The quantitative estimate of drug-likeness (QED) is 0.294. The molecule has 4 aromatic carbocycles. The Morgan fingerprint density at radius 1 is 0.500 bits per heavy atom. The molecule has 0 saturated heterocycles. The molecule has 0 aliphatic rings. The van der Waals surface area contributed by atoms with E-state index >= 15 is 0 Å². The number of rotatable bonds is 4. The van der Waals surface area contributed by atoms with E-state index in [1.807, 2.05) is 78.9 Å². The number of aryl methyl sites for hydroxylation is 1.